The van der Waals surface area contributed by atoms with E-state index in [2.05, 4.69) is 25.1 Å². The fourth-order valence-corrected chi connectivity index (χ4v) is 2.01. The molecular weight excluding hydrogens is 254 g/mol. The van der Waals surface area contributed by atoms with Crippen LogP contribution in [0.15, 0.2) is 30.3 Å². The van der Waals surface area contributed by atoms with E-state index in [-0.39, 0.29) is 0 Å². The summed E-state index contributed by atoms with van der Waals surface area (Å²) in [6.07, 6.45) is 16.1. The zero-order chi connectivity index (χ0) is 15.6. The molecule has 1 rings (SSSR count). The second kappa shape index (κ2) is 16.8. The zero-order valence-corrected chi connectivity index (χ0v) is 14.0. The molecule has 0 bridgehead atoms. The molecule has 0 amide bonds. The Balaban J connectivity index is 0.000000423. The van der Waals surface area contributed by atoms with Gasteiger partial charge in [-0.1, -0.05) is 76.5 Å². The summed E-state index contributed by atoms with van der Waals surface area (Å²) < 4.78 is 0. The zero-order valence-electron chi connectivity index (χ0n) is 14.0. The molecule has 0 aliphatic carbocycles. The molecule has 0 saturated carbocycles. The molecule has 0 unspecified atom stereocenters. The standard InChI is InChI=1S/C12H27N.C8H6/c1-3-5-7-9-11-13-12-10-8-6-4-2;1-2-8-6-4-3-5-7-8/h13H,3-12H2,1-2H3;1,3-7H. The lowest BCUT2D eigenvalue weighted by Crippen LogP contribution is -2.16. The molecule has 0 saturated heterocycles. The van der Waals surface area contributed by atoms with Crippen molar-refractivity contribution in [2.75, 3.05) is 13.1 Å². The average molecular weight is 287 g/mol. The van der Waals surface area contributed by atoms with Crippen molar-refractivity contribution in [3.8, 4) is 12.3 Å². The predicted octanol–water partition coefficient (Wildman–Crippen LogP) is 5.40. The smallest absolute Gasteiger partial charge is 0.0242 e. The first-order valence-electron chi connectivity index (χ1n) is 8.57. The number of unbranched alkanes of at least 4 members (excludes halogenated alkanes) is 6. The van der Waals surface area contributed by atoms with Crippen LogP contribution in [0.5, 0.6) is 0 Å². The minimum atomic E-state index is 0.938. The summed E-state index contributed by atoms with van der Waals surface area (Å²) in [7, 11) is 0. The summed E-state index contributed by atoms with van der Waals surface area (Å²) in [6.45, 7) is 6.98. The van der Waals surface area contributed by atoms with Gasteiger partial charge in [0.05, 0.1) is 0 Å². The Labute approximate surface area is 132 Å². The summed E-state index contributed by atoms with van der Waals surface area (Å²) in [6, 6.07) is 9.60. The maximum atomic E-state index is 5.10. The summed E-state index contributed by atoms with van der Waals surface area (Å²) in [5, 5.41) is 3.50. The molecule has 21 heavy (non-hydrogen) atoms. The molecule has 1 aromatic rings. The van der Waals surface area contributed by atoms with Crippen molar-refractivity contribution in [2.45, 2.75) is 65.2 Å². The molecule has 118 valence electrons. The fourth-order valence-electron chi connectivity index (χ4n) is 2.01. The van der Waals surface area contributed by atoms with Crippen LogP contribution in [0.2, 0.25) is 0 Å². The lowest BCUT2D eigenvalue weighted by atomic mass is 10.2. The van der Waals surface area contributed by atoms with E-state index in [1.807, 2.05) is 30.3 Å². The molecule has 0 aliphatic rings. The van der Waals surface area contributed by atoms with E-state index < -0.39 is 0 Å². The van der Waals surface area contributed by atoms with Crippen molar-refractivity contribution >= 4 is 0 Å². The number of rotatable bonds is 10. The molecule has 0 radical (unpaired) electrons. The Morgan fingerprint density at radius 1 is 0.810 bits per heavy atom. The molecule has 0 aromatic heterocycles. The van der Waals surface area contributed by atoms with Crippen LogP contribution in [0, 0.1) is 12.3 Å². The van der Waals surface area contributed by atoms with Gasteiger partial charge in [-0.3, -0.25) is 0 Å². The largest absolute Gasteiger partial charge is 0.317 e. The molecule has 0 aliphatic heterocycles. The first kappa shape index (κ1) is 19.7. The summed E-state index contributed by atoms with van der Waals surface area (Å²) in [4.78, 5) is 0. The van der Waals surface area contributed by atoms with Crippen molar-refractivity contribution in [2.24, 2.45) is 0 Å². The van der Waals surface area contributed by atoms with E-state index in [1.54, 1.807) is 0 Å². The number of hydrogen-bond acceptors (Lipinski definition) is 1. The molecule has 0 spiro atoms. The van der Waals surface area contributed by atoms with E-state index in [9.17, 15) is 0 Å². The normalized spacial score (nSPS) is 9.57. The monoisotopic (exact) mass is 287 g/mol. The Morgan fingerprint density at radius 2 is 1.33 bits per heavy atom. The van der Waals surface area contributed by atoms with Gasteiger partial charge in [0.2, 0.25) is 0 Å². The minimum absolute atomic E-state index is 0.938. The SMILES string of the molecule is C#Cc1ccccc1.CCCCCCNCCCCCC. The van der Waals surface area contributed by atoms with Gasteiger partial charge in [-0.05, 0) is 38.1 Å². The summed E-state index contributed by atoms with van der Waals surface area (Å²) >= 11 is 0. The van der Waals surface area contributed by atoms with Gasteiger partial charge in [0, 0.05) is 5.56 Å². The quantitative estimate of drug-likeness (QED) is 0.448. The third-order valence-corrected chi connectivity index (χ3v) is 3.35. The van der Waals surface area contributed by atoms with Gasteiger partial charge in [0.1, 0.15) is 0 Å². The molecule has 1 nitrogen and oxygen atoms in total. The molecule has 0 fully saturated rings. The van der Waals surface area contributed by atoms with Gasteiger partial charge < -0.3 is 5.32 Å². The van der Waals surface area contributed by atoms with Crippen LogP contribution in [0.25, 0.3) is 0 Å². The van der Waals surface area contributed by atoms with Crippen LogP contribution in [0.3, 0.4) is 0 Å². The van der Waals surface area contributed by atoms with E-state index in [4.69, 9.17) is 6.42 Å². The van der Waals surface area contributed by atoms with Crippen LogP contribution in [0.1, 0.15) is 70.8 Å². The first-order valence-corrected chi connectivity index (χ1v) is 8.57. The highest BCUT2D eigenvalue weighted by Crippen LogP contribution is 1.99. The second-order valence-corrected chi connectivity index (χ2v) is 5.38. The highest BCUT2D eigenvalue weighted by atomic mass is 14.8. The number of hydrogen-bond donors (Lipinski definition) is 1. The third kappa shape index (κ3) is 15.0. The van der Waals surface area contributed by atoms with Gasteiger partial charge in [-0.2, -0.15) is 0 Å². The first-order chi connectivity index (χ1) is 10.3. The van der Waals surface area contributed by atoms with Crippen LogP contribution in [-0.2, 0) is 0 Å². The Hall–Kier alpha value is -1.26. The van der Waals surface area contributed by atoms with Crippen molar-refractivity contribution < 1.29 is 0 Å². The van der Waals surface area contributed by atoms with Crippen LogP contribution in [0.4, 0.5) is 0 Å². The van der Waals surface area contributed by atoms with Gasteiger partial charge in [-0.15, -0.1) is 6.42 Å². The maximum Gasteiger partial charge on any atom is 0.0242 e. The fraction of sp³-hybridized carbons (Fsp3) is 0.600. The molecule has 0 atom stereocenters. The molecule has 0 heterocycles. The highest BCUT2D eigenvalue weighted by molar-refractivity contribution is 5.30. The lowest BCUT2D eigenvalue weighted by molar-refractivity contribution is 0.564. The molecule has 1 aromatic carbocycles. The van der Waals surface area contributed by atoms with Crippen molar-refractivity contribution in [3.63, 3.8) is 0 Å². The highest BCUT2D eigenvalue weighted by Gasteiger charge is 1.89. The van der Waals surface area contributed by atoms with Crippen molar-refractivity contribution in [1.29, 1.82) is 0 Å². The topological polar surface area (TPSA) is 12.0 Å². The molecule has 1 heteroatoms. The molecular formula is C20H33N. The minimum Gasteiger partial charge on any atom is -0.317 e. The number of nitrogens with one attached hydrogen (secondary N) is 1. The van der Waals surface area contributed by atoms with Crippen LogP contribution in [-0.4, -0.2) is 13.1 Å². The van der Waals surface area contributed by atoms with Gasteiger partial charge >= 0.3 is 0 Å². The summed E-state index contributed by atoms with van der Waals surface area (Å²) in [5.74, 6) is 2.53. The van der Waals surface area contributed by atoms with Crippen LogP contribution >= 0.6 is 0 Å². The van der Waals surface area contributed by atoms with Gasteiger partial charge in [0.15, 0.2) is 0 Å². The van der Waals surface area contributed by atoms with Crippen molar-refractivity contribution in [3.05, 3.63) is 35.9 Å². The van der Waals surface area contributed by atoms with Crippen molar-refractivity contribution in [1.82, 2.24) is 5.32 Å². The number of benzene rings is 1. The lowest BCUT2D eigenvalue weighted by Gasteiger charge is -2.03. The maximum absolute atomic E-state index is 5.10. The molecule has 1 N–H and O–H groups in total. The van der Waals surface area contributed by atoms with E-state index in [1.165, 1.54) is 64.5 Å². The third-order valence-electron chi connectivity index (χ3n) is 3.35. The average Bonchev–Trinajstić information content (AvgIpc) is 2.55. The van der Waals surface area contributed by atoms with Crippen LogP contribution < -0.4 is 5.32 Å². The Bertz CT molecular complexity index is 327. The number of terminal acetylenes is 1. The van der Waals surface area contributed by atoms with E-state index in [0.29, 0.717) is 0 Å². The predicted molar refractivity (Wildman–Crippen MR) is 95.5 cm³/mol. The second-order valence-electron chi connectivity index (χ2n) is 5.38. The summed E-state index contributed by atoms with van der Waals surface area (Å²) in [5.41, 5.74) is 0.938. The van der Waals surface area contributed by atoms with Gasteiger partial charge in [0.25, 0.3) is 0 Å². The Kier molecular flexibility index (Phi) is 15.8. The van der Waals surface area contributed by atoms with Gasteiger partial charge in [-0.25, -0.2) is 0 Å². The van der Waals surface area contributed by atoms with E-state index in [0.717, 1.165) is 5.56 Å². The van der Waals surface area contributed by atoms with E-state index >= 15 is 0 Å². The Morgan fingerprint density at radius 3 is 1.71 bits per heavy atom.